The van der Waals surface area contributed by atoms with E-state index in [0.29, 0.717) is 12.1 Å². The molecule has 0 fully saturated rings. The van der Waals surface area contributed by atoms with Gasteiger partial charge in [-0.05, 0) is 36.2 Å². The van der Waals surface area contributed by atoms with Crippen LogP contribution in [0.3, 0.4) is 0 Å². The molecule has 0 saturated heterocycles. The molecular weight excluding hydrogens is 252 g/mol. The van der Waals surface area contributed by atoms with Crippen molar-refractivity contribution in [3.05, 3.63) is 53.5 Å². The molecule has 0 aliphatic rings. The van der Waals surface area contributed by atoms with E-state index < -0.39 is 0 Å². The number of aryl methyl sites for hydroxylation is 1. The minimum Gasteiger partial charge on any atom is -0.497 e. The number of aromatic nitrogens is 3. The highest BCUT2D eigenvalue weighted by molar-refractivity contribution is 5.54. The van der Waals surface area contributed by atoms with Crippen LogP contribution in [0.25, 0.3) is 5.65 Å². The van der Waals surface area contributed by atoms with Crippen LogP contribution in [0.1, 0.15) is 17.0 Å². The van der Waals surface area contributed by atoms with Crippen molar-refractivity contribution in [1.29, 1.82) is 0 Å². The van der Waals surface area contributed by atoms with Gasteiger partial charge in [0.2, 0.25) is 0 Å². The molecule has 102 valence electrons. The maximum absolute atomic E-state index is 5.89. The Hall–Kier alpha value is -2.56. The van der Waals surface area contributed by atoms with Gasteiger partial charge in [-0.25, -0.2) is 0 Å². The van der Waals surface area contributed by atoms with Crippen LogP contribution in [-0.4, -0.2) is 21.7 Å². The van der Waals surface area contributed by atoms with Crippen molar-refractivity contribution < 1.29 is 4.74 Å². The maximum Gasteiger partial charge on any atom is 0.163 e. The molecule has 0 spiro atoms. The van der Waals surface area contributed by atoms with E-state index in [4.69, 9.17) is 10.5 Å². The first kappa shape index (κ1) is 12.5. The van der Waals surface area contributed by atoms with E-state index >= 15 is 0 Å². The third-order valence-corrected chi connectivity index (χ3v) is 3.30. The van der Waals surface area contributed by atoms with Crippen molar-refractivity contribution in [2.45, 2.75) is 13.3 Å². The Morgan fingerprint density at radius 3 is 2.65 bits per heavy atom. The van der Waals surface area contributed by atoms with Gasteiger partial charge in [-0.1, -0.05) is 12.1 Å². The molecule has 0 atom stereocenters. The minimum atomic E-state index is 0.702. The molecule has 1 aromatic carbocycles. The molecule has 2 aromatic heterocycles. The first-order valence-electron chi connectivity index (χ1n) is 6.40. The average Bonchev–Trinajstić information content (AvgIpc) is 2.83. The molecule has 0 unspecified atom stereocenters. The van der Waals surface area contributed by atoms with Crippen molar-refractivity contribution in [3.8, 4) is 5.75 Å². The summed E-state index contributed by atoms with van der Waals surface area (Å²) in [6, 6.07) is 9.84. The number of ether oxygens (including phenoxy) is 1. The summed E-state index contributed by atoms with van der Waals surface area (Å²) >= 11 is 0. The number of anilines is 1. The fraction of sp³-hybridized carbons (Fsp3) is 0.200. The summed E-state index contributed by atoms with van der Waals surface area (Å²) in [5.74, 6) is 1.72. The van der Waals surface area contributed by atoms with Gasteiger partial charge in [0.25, 0.3) is 0 Å². The van der Waals surface area contributed by atoms with E-state index in [1.54, 1.807) is 7.11 Å². The zero-order valence-corrected chi connectivity index (χ0v) is 11.5. The van der Waals surface area contributed by atoms with Gasteiger partial charge in [0.1, 0.15) is 11.6 Å². The quantitative estimate of drug-likeness (QED) is 0.791. The van der Waals surface area contributed by atoms with Gasteiger partial charge in [0.15, 0.2) is 5.65 Å². The fourth-order valence-electron chi connectivity index (χ4n) is 2.28. The summed E-state index contributed by atoms with van der Waals surface area (Å²) in [6.45, 7) is 1.98. The lowest BCUT2D eigenvalue weighted by molar-refractivity contribution is 0.414. The van der Waals surface area contributed by atoms with E-state index in [1.807, 2.05) is 47.9 Å². The number of nitrogens with zero attached hydrogens (tertiary/aromatic N) is 3. The summed E-state index contributed by atoms with van der Waals surface area (Å²) in [5, 5.41) is 8.48. The lowest BCUT2D eigenvalue weighted by Crippen LogP contribution is -1.99. The molecule has 20 heavy (non-hydrogen) atoms. The predicted octanol–water partition coefficient (Wildman–Crippen LogP) is 2.22. The summed E-state index contributed by atoms with van der Waals surface area (Å²) in [5.41, 5.74) is 9.63. The number of nitrogens with two attached hydrogens (primary N) is 1. The first-order valence-corrected chi connectivity index (χ1v) is 6.40. The molecule has 0 aliphatic heterocycles. The highest BCUT2D eigenvalue weighted by Crippen LogP contribution is 2.17. The second kappa shape index (κ2) is 4.85. The van der Waals surface area contributed by atoms with Crippen LogP contribution in [0.15, 0.2) is 36.5 Å². The number of benzene rings is 1. The van der Waals surface area contributed by atoms with Gasteiger partial charge in [0, 0.05) is 18.3 Å². The van der Waals surface area contributed by atoms with E-state index in [0.717, 1.165) is 28.3 Å². The highest BCUT2D eigenvalue weighted by Gasteiger charge is 2.09. The van der Waals surface area contributed by atoms with E-state index in [1.165, 1.54) is 0 Å². The number of methoxy groups -OCH3 is 1. The number of fused-ring (bicyclic) bond motifs is 1. The van der Waals surface area contributed by atoms with Crippen molar-refractivity contribution in [2.24, 2.45) is 0 Å². The van der Waals surface area contributed by atoms with Crippen LogP contribution < -0.4 is 10.5 Å². The van der Waals surface area contributed by atoms with Gasteiger partial charge >= 0.3 is 0 Å². The molecule has 0 aliphatic carbocycles. The molecule has 0 radical (unpaired) electrons. The Morgan fingerprint density at radius 1 is 1.20 bits per heavy atom. The Kier molecular flexibility index (Phi) is 3.02. The summed E-state index contributed by atoms with van der Waals surface area (Å²) < 4.78 is 7.11. The zero-order valence-electron chi connectivity index (χ0n) is 11.5. The Bertz CT molecular complexity index is 746. The number of nitrogen functional groups attached to an aromatic ring is 1. The van der Waals surface area contributed by atoms with Crippen molar-refractivity contribution in [2.75, 3.05) is 12.8 Å². The number of rotatable bonds is 3. The van der Waals surface area contributed by atoms with Crippen LogP contribution in [0, 0.1) is 6.92 Å². The van der Waals surface area contributed by atoms with Crippen LogP contribution >= 0.6 is 0 Å². The molecule has 3 rings (SSSR count). The fourth-order valence-corrected chi connectivity index (χ4v) is 2.28. The zero-order chi connectivity index (χ0) is 14.1. The topological polar surface area (TPSA) is 65.4 Å². The summed E-state index contributed by atoms with van der Waals surface area (Å²) in [6.07, 6.45) is 2.56. The average molecular weight is 268 g/mol. The normalized spacial score (nSPS) is 10.9. The molecule has 0 bridgehead atoms. The number of hydrogen-bond donors (Lipinski definition) is 1. The Morgan fingerprint density at radius 2 is 1.95 bits per heavy atom. The number of hydrogen-bond acceptors (Lipinski definition) is 4. The van der Waals surface area contributed by atoms with Crippen LogP contribution in [0.4, 0.5) is 5.69 Å². The Labute approximate surface area is 117 Å². The molecule has 0 saturated carbocycles. The monoisotopic (exact) mass is 268 g/mol. The van der Waals surface area contributed by atoms with Crippen molar-refractivity contribution in [3.63, 3.8) is 0 Å². The lowest BCUT2D eigenvalue weighted by Gasteiger charge is -2.04. The molecular formula is C15H16N4O. The van der Waals surface area contributed by atoms with Crippen molar-refractivity contribution in [1.82, 2.24) is 14.6 Å². The molecule has 5 nitrogen and oxygen atoms in total. The van der Waals surface area contributed by atoms with E-state index in [2.05, 4.69) is 10.2 Å². The van der Waals surface area contributed by atoms with Gasteiger partial charge < -0.3 is 10.5 Å². The largest absolute Gasteiger partial charge is 0.497 e. The Balaban J connectivity index is 1.97. The van der Waals surface area contributed by atoms with Gasteiger partial charge in [-0.15, -0.1) is 10.2 Å². The molecule has 0 amide bonds. The highest BCUT2D eigenvalue weighted by atomic mass is 16.5. The minimum absolute atomic E-state index is 0.702. The smallest absolute Gasteiger partial charge is 0.163 e. The van der Waals surface area contributed by atoms with Crippen LogP contribution in [0.5, 0.6) is 5.75 Å². The molecule has 5 heteroatoms. The van der Waals surface area contributed by atoms with Crippen molar-refractivity contribution >= 4 is 11.3 Å². The lowest BCUT2D eigenvalue weighted by atomic mass is 10.1. The maximum atomic E-state index is 5.89. The summed E-state index contributed by atoms with van der Waals surface area (Å²) in [7, 11) is 1.66. The molecule has 2 N–H and O–H groups in total. The molecule has 2 heterocycles. The van der Waals surface area contributed by atoms with Crippen LogP contribution in [-0.2, 0) is 6.42 Å². The van der Waals surface area contributed by atoms with Gasteiger partial charge in [-0.2, -0.15) is 0 Å². The standard InChI is InChI=1S/C15H16N4O/c1-10-7-12(16)9-19-14(17-18-15(10)19)8-11-3-5-13(20-2)6-4-11/h3-7,9H,8,16H2,1-2H3. The predicted molar refractivity (Wildman–Crippen MR) is 77.9 cm³/mol. The SMILES string of the molecule is COc1ccc(Cc2nnc3c(C)cc(N)cn23)cc1. The second-order valence-corrected chi connectivity index (χ2v) is 4.79. The third kappa shape index (κ3) is 2.18. The van der Waals surface area contributed by atoms with Gasteiger partial charge in [-0.3, -0.25) is 4.40 Å². The summed E-state index contributed by atoms with van der Waals surface area (Å²) in [4.78, 5) is 0. The van der Waals surface area contributed by atoms with Crippen LogP contribution in [0.2, 0.25) is 0 Å². The number of pyridine rings is 1. The molecule has 3 aromatic rings. The second-order valence-electron chi connectivity index (χ2n) is 4.79. The third-order valence-electron chi connectivity index (χ3n) is 3.30. The first-order chi connectivity index (χ1) is 9.67. The van der Waals surface area contributed by atoms with E-state index in [-0.39, 0.29) is 0 Å². The van der Waals surface area contributed by atoms with E-state index in [9.17, 15) is 0 Å². The van der Waals surface area contributed by atoms with Gasteiger partial charge in [0.05, 0.1) is 7.11 Å².